The Morgan fingerprint density at radius 2 is 1.94 bits per heavy atom. The highest BCUT2D eigenvalue weighted by atomic mass is 14.7. The van der Waals surface area contributed by atoms with E-state index in [1.54, 1.807) is 0 Å². The van der Waals surface area contributed by atoms with E-state index in [4.69, 9.17) is 5.73 Å². The number of fused-ring (bicyclic) bond motifs is 1. The van der Waals surface area contributed by atoms with Crippen molar-refractivity contribution in [3.8, 4) is 0 Å². The molecule has 3 N–H and O–H groups in total. The van der Waals surface area contributed by atoms with Crippen molar-refractivity contribution >= 4 is 10.9 Å². The number of aromatic amines is 1. The molecule has 0 amide bonds. The lowest BCUT2D eigenvalue weighted by molar-refractivity contribution is 0.477. The van der Waals surface area contributed by atoms with E-state index in [1.165, 1.54) is 27.7 Å². The lowest BCUT2D eigenvalue weighted by atomic mass is 9.96. The maximum Gasteiger partial charge on any atom is 0.0458 e. The first-order chi connectivity index (χ1) is 7.87. The normalized spacial score (nSPS) is 12.3. The predicted octanol–water partition coefficient (Wildman–Crippen LogP) is 3.45. The van der Waals surface area contributed by atoms with Crippen LogP contribution in [0.15, 0.2) is 18.2 Å². The van der Waals surface area contributed by atoms with Gasteiger partial charge in [-0.15, -0.1) is 0 Å². The summed E-state index contributed by atoms with van der Waals surface area (Å²) in [5.74, 6) is 0. The van der Waals surface area contributed by atoms with Crippen molar-refractivity contribution in [1.82, 2.24) is 4.98 Å². The van der Waals surface area contributed by atoms with Crippen LogP contribution in [0.2, 0.25) is 0 Å². The van der Waals surface area contributed by atoms with Gasteiger partial charge in [0.25, 0.3) is 0 Å². The van der Waals surface area contributed by atoms with Gasteiger partial charge in [0.2, 0.25) is 0 Å². The molecule has 1 aromatic carbocycles. The number of nitrogens with one attached hydrogen (secondary N) is 1. The molecular weight excluding hydrogens is 208 g/mol. The highest BCUT2D eigenvalue weighted by Gasteiger charge is 2.11. The number of aromatic nitrogens is 1. The Labute approximate surface area is 103 Å². The summed E-state index contributed by atoms with van der Waals surface area (Å²) >= 11 is 0. The Hall–Kier alpha value is -1.28. The number of rotatable bonds is 3. The Balaban J connectivity index is 2.28. The van der Waals surface area contributed by atoms with Crippen LogP contribution in [0.4, 0.5) is 0 Å². The van der Waals surface area contributed by atoms with Gasteiger partial charge in [0.05, 0.1) is 0 Å². The Morgan fingerprint density at radius 3 is 2.59 bits per heavy atom. The summed E-state index contributed by atoms with van der Waals surface area (Å²) in [6, 6.07) is 6.66. The monoisotopic (exact) mass is 230 g/mol. The minimum atomic E-state index is -0.0853. The van der Waals surface area contributed by atoms with Gasteiger partial charge in [0.1, 0.15) is 0 Å². The third-order valence-corrected chi connectivity index (χ3v) is 3.43. The molecular formula is C15H22N2. The van der Waals surface area contributed by atoms with Gasteiger partial charge >= 0.3 is 0 Å². The van der Waals surface area contributed by atoms with Crippen molar-refractivity contribution in [1.29, 1.82) is 0 Å². The predicted molar refractivity (Wildman–Crippen MR) is 74.4 cm³/mol. The van der Waals surface area contributed by atoms with Crippen LogP contribution in [0.5, 0.6) is 0 Å². The van der Waals surface area contributed by atoms with Crippen LogP contribution in [0.25, 0.3) is 10.9 Å². The molecule has 0 saturated carbocycles. The number of benzene rings is 1. The summed E-state index contributed by atoms with van der Waals surface area (Å²) in [5, 5.41) is 1.34. The molecule has 0 aliphatic carbocycles. The van der Waals surface area contributed by atoms with Gasteiger partial charge in [0.15, 0.2) is 0 Å². The molecule has 0 unspecified atom stereocenters. The molecule has 2 heteroatoms. The van der Waals surface area contributed by atoms with Crippen LogP contribution < -0.4 is 5.73 Å². The van der Waals surface area contributed by atoms with Crippen LogP contribution in [-0.4, -0.2) is 10.5 Å². The minimum absolute atomic E-state index is 0.0853. The Bertz CT molecular complexity index is 530. The zero-order valence-electron chi connectivity index (χ0n) is 11.2. The third kappa shape index (κ3) is 2.70. The van der Waals surface area contributed by atoms with E-state index in [-0.39, 0.29) is 5.54 Å². The minimum Gasteiger partial charge on any atom is -0.358 e. The maximum absolute atomic E-state index is 6.02. The van der Waals surface area contributed by atoms with Gasteiger partial charge in [-0.3, -0.25) is 0 Å². The van der Waals surface area contributed by atoms with Crippen molar-refractivity contribution < 1.29 is 0 Å². The highest BCUT2D eigenvalue weighted by molar-refractivity contribution is 5.84. The van der Waals surface area contributed by atoms with E-state index in [0.717, 1.165) is 12.8 Å². The second-order valence-corrected chi connectivity index (χ2v) is 5.74. The zero-order valence-corrected chi connectivity index (χ0v) is 11.2. The van der Waals surface area contributed by atoms with E-state index in [1.807, 2.05) is 0 Å². The second kappa shape index (κ2) is 4.19. The van der Waals surface area contributed by atoms with Crippen LogP contribution in [0.3, 0.4) is 0 Å². The molecule has 17 heavy (non-hydrogen) atoms. The summed E-state index contributed by atoms with van der Waals surface area (Å²) < 4.78 is 0. The summed E-state index contributed by atoms with van der Waals surface area (Å²) in [4.78, 5) is 3.40. The maximum atomic E-state index is 6.02. The number of hydrogen-bond donors (Lipinski definition) is 2. The number of H-pyrrole nitrogens is 1. The summed E-state index contributed by atoms with van der Waals surface area (Å²) in [5.41, 5.74) is 11.2. The lowest BCUT2D eigenvalue weighted by Crippen LogP contribution is -2.32. The van der Waals surface area contributed by atoms with Crippen molar-refractivity contribution in [2.45, 2.75) is 46.1 Å². The van der Waals surface area contributed by atoms with E-state index in [2.05, 4.69) is 50.9 Å². The van der Waals surface area contributed by atoms with Gasteiger partial charge in [-0.2, -0.15) is 0 Å². The molecule has 2 aromatic rings. The fraction of sp³-hybridized carbons (Fsp3) is 0.467. The lowest BCUT2D eigenvalue weighted by Gasteiger charge is -2.17. The molecule has 0 aliphatic heterocycles. The molecule has 1 heterocycles. The van der Waals surface area contributed by atoms with Crippen molar-refractivity contribution in [2.75, 3.05) is 0 Å². The number of hydrogen-bond acceptors (Lipinski definition) is 1. The fourth-order valence-corrected chi connectivity index (χ4v) is 2.13. The quantitative estimate of drug-likeness (QED) is 0.833. The summed E-state index contributed by atoms with van der Waals surface area (Å²) in [6.45, 7) is 8.46. The van der Waals surface area contributed by atoms with Crippen LogP contribution in [0, 0.1) is 13.8 Å². The molecule has 2 nitrogen and oxygen atoms in total. The first kappa shape index (κ1) is 12.2. The molecule has 0 atom stereocenters. The molecule has 92 valence electrons. The Kier molecular flexibility index (Phi) is 3.00. The van der Waals surface area contributed by atoms with E-state index >= 15 is 0 Å². The Morgan fingerprint density at radius 1 is 1.24 bits per heavy atom. The first-order valence-electron chi connectivity index (χ1n) is 6.23. The van der Waals surface area contributed by atoms with E-state index < -0.39 is 0 Å². The molecule has 0 saturated heterocycles. The average Bonchev–Trinajstić information content (AvgIpc) is 2.51. The van der Waals surface area contributed by atoms with Gasteiger partial charge in [-0.1, -0.05) is 6.07 Å². The summed E-state index contributed by atoms with van der Waals surface area (Å²) in [7, 11) is 0. The smallest absolute Gasteiger partial charge is 0.0458 e. The largest absolute Gasteiger partial charge is 0.358 e. The topological polar surface area (TPSA) is 41.8 Å². The van der Waals surface area contributed by atoms with Gasteiger partial charge in [-0.05, 0) is 63.8 Å². The standard InChI is InChI=1S/C15H22N2/c1-10-11(2)17-14-6-5-12(9-13(10)14)7-8-15(3,4)16/h5-6,9,17H,7-8,16H2,1-4H3. The first-order valence-corrected chi connectivity index (χ1v) is 6.23. The molecule has 0 bridgehead atoms. The molecule has 0 spiro atoms. The third-order valence-electron chi connectivity index (χ3n) is 3.43. The van der Waals surface area contributed by atoms with E-state index in [0.29, 0.717) is 0 Å². The average molecular weight is 230 g/mol. The van der Waals surface area contributed by atoms with E-state index in [9.17, 15) is 0 Å². The van der Waals surface area contributed by atoms with Gasteiger partial charge < -0.3 is 10.7 Å². The molecule has 0 aliphatic rings. The number of nitrogens with two attached hydrogens (primary N) is 1. The van der Waals surface area contributed by atoms with Crippen molar-refractivity contribution in [3.05, 3.63) is 35.0 Å². The highest BCUT2D eigenvalue weighted by Crippen LogP contribution is 2.23. The zero-order chi connectivity index (χ0) is 12.6. The van der Waals surface area contributed by atoms with Crippen molar-refractivity contribution in [2.24, 2.45) is 5.73 Å². The molecule has 2 rings (SSSR count). The fourth-order valence-electron chi connectivity index (χ4n) is 2.13. The van der Waals surface area contributed by atoms with Crippen molar-refractivity contribution in [3.63, 3.8) is 0 Å². The molecule has 0 fully saturated rings. The van der Waals surface area contributed by atoms with Crippen LogP contribution in [0.1, 0.15) is 37.1 Å². The second-order valence-electron chi connectivity index (χ2n) is 5.74. The molecule has 0 radical (unpaired) electrons. The van der Waals surface area contributed by atoms with Gasteiger partial charge in [0, 0.05) is 22.1 Å². The van der Waals surface area contributed by atoms with Gasteiger partial charge in [-0.25, -0.2) is 0 Å². The van der Waals surface area contributed by atoms with Crippen LogP contribution >= 0.6 is 0 Å². The SMILES string of the molecule is Cc1[nH]c2ccc(CCC(C)(C)N)cc2c1C. The number of aryl methyl sites for hydroxylation is 3. The molecule has 1 aromatic heterocycles. The summed E-state index contributed by atoms with van der Waals surface area (Å²) in [6.07, 6.45) is 2.06. The van der Waals surface area contributed by atoms with Crippen LogP contribution in [-0.2, 0) is 6.42 Å².